The van der Waals surface area contributed by atoms with Gasteiger partial charge in [0.05, 0.1) is 7.11 Å². The highest BCUT2D eigenvalue weighted by atomic mass is 32.3. The largest absolute Gasteiger partial charge is 0.496 e. The van der Waals surface area contributed by atoms with Gasteiger partial charge in [0.2, 0.25) is 0 Å². The molecule has 14 heavy (non-hydrogen) atoms. The smallest absolute Gasteiger partial charge is 0.306 e. The van der Waals surface area contributed by atoms with Crippen LogP contribution in [0.5, 0.6) is 5.75 Å². The number of halogens is 1. The Labute approximate surface area is 82.7 Å². The van der Waals surface area contributed by atoms with Gasteiger partial charge in [-0.15, -0.1) is 3.89 Å². The maximum absolute atomic E-state index is 12.4. The SMILES string of the molecule is COc1cccc(CS(=O)(=O)F)c1C. The second-order valence-electron chi connectivity index (χ2n) is 2.93. The molecular weight excluding hydrogens is 207 g/mol. The zero-order chi connectivity index (χ0) is 10.8. The number of hydrogen-bond acceptors (Lipinski definition) is 3. The first-order chi connectivity index (χ1) is 6.44. The quantitative estimate of drug-likeness (QED) is 0.726. The van der Waals surface area contributed by atoms with E-state index in [2.05, 4.69) is 0 Å². The molecule has 0 saturated carbocycles. The highest BCUT2D eigenvalue weighted by molar-refractivity contribution is 7.85. The van der Waals surface area contributed by atoms with Crippen molar-refractivity contribution in [3.05, 3.63) is 29.3 Å². The summed E-state index contributed by atoms with van der Waals surface area (Å²) in [6.45, 7) is 1.69. The third-order valence-electron chi connectivity index (χ3n) is 1.94. The van der Waals surface area contributed by atoms with Crippen LogP contribution in [-0.2, 0) is 16.0 Å². The van der Waals surface area contributed by atoms with E-state index in [0.717, 1.165) is 0 Å². The first-order valence-electron chi connectivity index (χ1n) is 3.99. The second-order valence-corrected chi connectivity index (χ2v) is 4.29. The molecule has 0 bridgehead atoms. The standard InChI is InChI=1S/C9H11FO3S/c1-7-8(6-14(10,11)12)4-3-5-9(7)13-2/h3-5H,6H2,1-2H3. The molecule has 1 aromatic carbocycles. The van der Waals surface area contributed by atoms with E-state index in [4.69, 9.17) is 4.74 Å². The molecule has 1 rings (SSSR count). The van der Waals surface area contributed by atoms with Gasteiger partial charge in [-0.3, -0.25) is 0 Å². The van der Waals surface area contributed by atoms with Crippen LogP contribution in [0.2, 0.25) is 0 Å². The summed E-state index contributed by atoms with van der Waals surface area (Å²) in [6.07, 6.45) is 0. The molecular formula is C9H11FO3S. The minimum absolute atomic E-state index is 0.423. The second kappa shape index (κ2) is 3.96. The van der Waals surface area contributed by atoms with Crippen molar-refractivity contribution < 1.29 is 17.0 Å². The first-order valence-corrected chi connectivity index (χ1v) is 5.54. The minimum atomic E-state index is -4.48. The summed E-state index contributed by atoms with van der Waals surface area (Å²) < 4.78 is 38.3. The number of hydrogen-bond donors (Lipinski definition) is 0. The fourth-order valence-electron chi connectivity index (χ4n) is 1.22. The Kier molecular flexibility index (Phi) is 3.10. The lowest BCUT2D eigenvalue weighted by atomic mass is 10.1. The van der Waals surface area contributed by atoms with E-state index >= 15 is 0 Å². The molecule has 0 spiro atoms. The monoisotopic (exact) mass is 218 g/mol. The fraction of sp³-hybridized carbons (Fsp3) is 0.333. The van der Waals surface area contributed by atoms with Crippen LogP contribution in [0.25, 0.3) is 0 Å². The molecule has 0 atom stereocenters. The van der Waals surface area contributed by atoms with Gasteiger partial charge in [0.15, 0.2) is 0 Å². The molecule has 5 heteroatoms. The molecule has 0 fully saturated rings. The molecule has 0 saturated heterocycles. The Hall–Kier alpha value is -1.10. The summed E-state index contributed by atoms with van der Waals surface area (Å²) in [6, 6.07) is 4.89. The summed E-state index contributed by atoms with van der Waals surface area (Å²) in [7, 11) is -3.00. The van der Waals surface area contributed by atoms with E-state index < -0.39 is 16.0 Å². The number of methoxy groups -OCH3 is 1. The normalized spacial score (nSPS) is 11.4. The Bertz CT molecular complexity index is 426. The predicted octanol–water partition coefficient (Wildman–Crippen LogP) is 1.80. The van der Waals surface area contributed by atoms with E-state index in [1.807, 2.05) is 0 Å². The molecule has 0 aliphatic heterocycles. The average Bonchev–Trinajstić information content (AvgIpc) is 2.06. The number of rotatable bonds is 3. The Morgan fingerprint density at radius 3 is 2.57 bits per heavy atom. The van der Waals surface area contributed by atoms with Gasteiger partial charge in [-0.2, -0.15) is 8.42 Å². The lowest BCUT2D eigenvalue weighted by Crippen LogP contribution is -2.00. The van der Waals surface area contributed by atoms with Crippen LogP contribution in [0.1, 0.15) is 11.1 Å². The molecule has 3 nitrogen and oxygen atoms in total. The molecule has 78 valence electrons. The minimum Gasteiger partial charge on any atom is -0.496 e. The molecule has 0 radical (unpaired) electrons. The lowest BCUT2D eigenvalue weighted by Gasteiger charge is -2.07. The Balaban J connectivity index is 3.10. The zero-order valence-electron chi connectivity index (χ0n) is 7.95. The molecule has 1 aromatic rings. The van der Waals surface area contributed by atoms with Crippen molar-refractivity contribution in [3.63, 3.8) is 0 Å². The summed E-state index contributed by atoms with van der Waals surface area (Å²) in [5.74, 6) is -0.0399. The van der Waals surface area contributed by atoms with Crippen LogP contribution in [-0.4, -0.2) is 15.5 Å². The van der Waals surface area contributed by atoms with Crippen molar-refractivity contribution in [1.29, 1.82) is 0 Å². The van der Waals surface area contributed by atoms with Crippen molar-refractivity contribution >= 4 is 10.2 Å². The van der Waals surface area contributed by atoms with Gasteiger partial charge in [0.1, 0.15) is 11.5 Å². The highest BCUT2D eigenvalue weighted by Gasteiger charge is 2.12. The third kappa shape index (κ3) is 2.70. The van der Waals surface area contributed by atoms with Crippen molar-refractivity contribution in [2.45, 2.75) is 12.7 Å². The van der Waals surface area contributed by atoms with Gasteiger partial charge >= 0.3 is 10.2 Å². The van der Waals surface area contributed by atoms with Gasteiger partial charge in [-0.1, -0.05) is 12.1 Å². The Morgan fingerprint density at radius 1 is 1.43 bits per heavy atom. The molecule has 0 aliphatic carbocycles. The number of benzene rings is 1. The first kappa shape index (κ1) is 11.0. The van der Waals surface area contributed by atoms with Gasteiger partial charge in [0, 0.05) is 0 Å². The topological polar surface area (TPSA) is 43.4 Å². The van der Waals surface area contributed by atoms with E-state index in [0.29, 0.717) is 16.9 Å². The Morgan fingerprint density at radius 2 is 2.07 bits per heavy atom. The summed E-state index contributed by atoms with van der Waals surface area (Å²) in [5.41, 5.74) is 1.07. The van der Waals surface area contributed by atoms with Gasteiger partial charge in [0.25, 0.3) is 0 Å². The molecule has 0 amide bonds. The van der Waals surface area contributed by atoms with Gasteiger partial charge in [-0.05, 0) is 24.1 Å². The molecule has 0 N–H and O–H groups in total. The van der Waals surface area contributed by atoms with Crippen molar-refractivity contribution in [1.82, 2.24) is 0 Å². The average molecular weight is 218 g/mol. The van der Waals surface area contributed by atoms with E-state index in [-0.39, 0.29) is 0 Å². The number of ether oxygens (including phenoxy) is 1. The van der Waals surface area contributed by atoms with Crippen LogP contribution < -0.4 is 4.74 Å². The van der Waals surface area contributed by atoms with Crippen LogP contribution in [0.15, 0.2) is 18.2 Å². The summed E-state index contributed by atoms with van der Waals surface area (Å²) in [4.78, 5) is 0. The van der Waals surface area contributed by atoms with E-state index in [1.54, 1.807) is 25.1 Å². The van der Waals surface area contributed by atoms with Crippen molar-refractivity contribution in [2.75, 3.05) is 7.11 Å². The third-order valence-corrected chi connectivity index (χ3v) is 2.60. The van der Waals surface area contributed by atoms with E-state index in [1.165, 1.54) is 7.11 Å². The molecule has 0 unspecified atom stereocenters. The van der Waals surface area contributed by atoms with Crippen LogP contribution >= 0.6 is 0 Å². The maximum atomic E-state index is 12.4. The van der Waals surface area contributed by atoms with E-state index in [9.17, 15) is 12.3 Å². The van der Waals surface area contributed by atoms with Crippen LogP contribution in [0, 0.1) is 6.92 Å². The zero-order valence-corrected chi connectivity index (χ0v) is 8.77. The predicted molar refractivity (Wildman–Crippen MR) is 51.5 cm³/mol. The van der Waals surface area contributed by atoms with Gasteiger partial charge in [-0.25, -0.2) is 0 Å². The summed E-state index contributed by atoms with van der Waals surface area (Å²) >= 11 is 0. The molecule has 0 aliphatic rings. The lowest BCUT2D eigenvalue weighted by molar-refractivity contribution is 0.411. The van der Waals surface area contributed by atoms with Crippen molar-refractivity contribution in [3.8, 4) is 5.75 Å². The molecule has 0 heterocycles. The molecule has 0 aromatic heterocycles. The van der Waals surface area contributed by atoms with Crippen LogP contribution in [0.3, 0.4) is 0 Å². The maximum Gasteiger partial charge on any atom is 0.306 e. The van der Waals surface area contributed by atoms with Crippen LogP contribution in [0.4, 0.5) is 3.89 Å². The van der Waals surface area contributed by atoms with Crippen molar-refractivity contribution in [2.24, 2.45) is 0 Å². The fourth-order valence-corrected chi connectivity index (χ4v) is 1.91. The summed E-state index contributed by atoms with van der Waals surface area (Å²) in [5, 5.41) is 0. The van der Waals surface area contributed by atoms with Gasteiger partial charge < -0.3 is 4.74 Å². The highest BCUT2D eigenvalue weighted by Crippen LogP contribution is 2.22.